The Balaban J connectivity index is 1.83. The number of benzene rings is 4. The van der Waals surface area contributed by atoms with E-state index >= 15 is 8.78 Å². The SMILES string of the molecule is CCOC(=O)c1cccc(C)c1Nc1c(F)c2c(c(F)c1Nc1c(C)cccc1C(=O)OCC)C(=O)c1c(O)ccc(O)c1C2=O. The quantitative estimate of drug-likeness (QED) is 0.109. The number of aryl methyl sites for hydroxylation is 2. The molecule has 4 aromatic carbocycles. The third-order valence-corrected chi connectivity index (χ3v) is 7.48. The fraction of sp³-hybridized carbons (Fsp3) is 0.176. The second kappa shape index (κ2) is 12.3. The summed E-state index contributed by atoms with van der Waals surface area (Å²) in [5.74, 6) is -8.33. The van der Waals surface area contributed by atoms with Crippen LogP contribution in [0.2, 0.25) is 0 Å². The fourth-order valence-corrected chi connectivity index (χ4v) is 5.32. The zero-order chi connectivity index (χ0) is 33.4. The molecule has 0 fully saturated rings. The topological polar surface area (TPSA) is 151 Å². The van der Waals surface area contributed by atoms with Crippen LogP contribution in [0.5, 0.6) is 11.5 Å². The third kappa shape index (κ3) is 5.17. The maximum atomic E-state index is 16.8. The molecule has 0 atom stereocenters. The standard InChI is InChI=1S/C34H28F2N2O8/c1-5-45-33(43)17-11-7-9-15(3)27(17)37-29-25(35)23-24(32(42)22-20(40)14-13-19(39)21(22)31(23)41)26(36)30(29)38-28-16(4)10-8-12-18(28)34(44)46-6-2/h7-14,37-40H,5-6H2,1-4H3. The summed E-state index contributed by atoms with van der Waals surface area (Å²) in [6.07, 6.45) is 0. The highest BCUT2D eigenvalue weighted by atomic mass is 19.1. The summed E-state index contributed by atoms with van der Waals surface area (Å²) in [5.41, 5.74) is -4.05. The van der Waals surface area contributed by atoms with Crippen molar-refractivity contribution >= 4 is 46.3 Å². The van der Waals surface area contributed by atoms with Gasteiger partial charge < -0.3 is 30.3 Å². The summed E-state index contributed by atoms with van der Waals surface area (Å²) in [6, 6.07) is 11.0. The predicted octanol–water partition coefficient (Wildman–Crippen LogP) is 6.61. The lowest BCUT2D eigenvalue weighted by atomic mass is 9.81. The van der Waals surface area contributed by atoms with Crippen LogP contribution in [0.4, 0.5) is 31.5 Å². The molecule has 0 saturated carbocycles. The van der Waals surface area contributed by atoms with Gasteiger partial charge in [-0.3, -0.25) is 9.59 Å². The van der Waals surface area contributed by atoms with E-state index in [0.717, 1.165) is 12.1 Å². The first-order valence-electron chi connectivity index (χ1n) is 14.2. The molecule has 0 radical (unpaired) electrons. The van der Waals surface area contributed by atoms with Crippen LogP contribution < -0.4 is 10.6 Å². The van der Waals surface area contributed by atoms with E-state index in [1.54, 1.807) is 52.0 Å². The molecule has 236 valence electrons. The monoisotopic (exact) mass is 630 g/mol. The van der Waals surface area contributed by atoms with E-state index in [1.165, 1.54) is 12.1 Å². The van der Waals surface area contributed by atoms with Gasteiger partial charge in [-0.2, -0.15) is 0 Å². The highest BCUT2D eigenvalue weighted by Gasteiger charge is 2.42. The normalized spacial score (nSPS) is 11.9. The molecule has 0 bridgehead atoms. The molecule has 4 aromatic rings. The first kappa shape index (κ1) is 31.6. The third-order valence-electron chi connectivity index (χ3n) is 7.48. The molecular formula is C34H28F2N2O8. The highest BCUT2D eigenvalue weighted by molar-refractivity contribution is 6.31. The average molecular weight is 631 g/mol. The molecule has 4 N–H and O–H groups in total. The minimum absolute atomic E-state index is 0.00752. The zero-order valence-corrected chi connectivity index (χ0v) is 25.1. The number of nitrogens with one attached hydrogen (secondary N) is 2. The molecule has 0 spiro atoms. The van der Waals surface area contributed by atoms with Crippen LogP contribution in [0.1, 0.15) is 77.5 Å². The van der Waals surface area contributed by atoms with E-state index < -0.39 is 80.3 Å². The Morgan fingerprint density at radius 1 is 0.630 bits per heavy atom. The van der Waals surface area contributed by atoms with Gasteiger partial charge in [0, 0.05) is 0 Å². The van der Waals surface area contributed by atoms with Crippen LogP contribution in [-0.4, -0.2) is 46.9 Å². The number of anilines is 4. The minimum atomic E-state index is -1.41. The van der Waals surface area contributed by atoms with E-state index in [2.05, 4.69) is 10.6 Å². The average Bonchev–Trinajstić information content (AvgIpc) is 3.01. The maximum absolute atomic E-state index is 16.8. The number of carbonyl (C=O) groups excluding carboxylic acids is 4. The molecule has 12 heteroatoms. The molecule has 0 heterocycles. The molecule has 1 aliphatic rings. The van der Waals surface area contributed by atoms with Gasteiger partial charge in [-0.05, 0) is 63.1 Å². The number of hydrogen-bond acceptors (Lipinski definition) is 10. The summed E-state index contributed by atoms with van der Waals surface area (Å²) in [5, 5.41) is 26.3. The van der Waals surface area contributed by atoms with E-state index in [0.29, 0.717) is 11.1 Å². The smallest absolute Gasteiger partial charge is 0.340 e. The molecule has 5 rings (SSSR count). The number of para-hydroxylation sites is 2. The number of aromatic hydroxyl groups is 2. The Bertz CT molecular complexity index is 1830. The molecule has 0 aliphatic heterocycles. The summed E-state index contributed by atoms with van der Waals surface area (Å²) in [7, 11) is 0. The van der Waals surface area contributed by atoms with Gasteiger partial charge in [0.1, 0.15) is 22.9 Å². The molecule has 0 unspecified atom stereocenters. The Labute approximate surface area is 261 Å². The number of phenolic OH excluding ortho intramolecular Hbond substituents is 2. The molecule has 46 heavy (non-hydrogen) atoms. The Morgan fingerprint density at radius 2 is 1.00 bits per heavy atom. The van der Waals surface area contributed by atoms with Gasteiger partial charge in [0.15, 0.2) is 11.6 Å². The van der Waals surface area contributed by atoms with E-state index in [4.69, 9.17) is 9.47 Å². The number of hydrogen-bond donors (Lipinski definition) is 4. The predicted molar refractivity (Wildman–Crippen MR) is 164 cm³/mol. The van der Waals surface area contributed by atoms with Crippen molar-refractivity contribution in [2.75, 3.05) is 23.8 Å². The van der Waals surface area contributed by atoms with Crippen molar-refractivity contribution in [2.45, 2.75) is 27.7 Å². The van der Waals surface area contributed by atoms with Gasteiger partial charge in [-0.1, -0.05) is 24.3 Å². The van der Waals surface area contributed by atoms with Crippen molar-refractivity contribution in [3.8, 4) is 11.5 Å². The molecule has 0 aromatic heterocycles. The molecule has 1 aliphatic carbocycles. The second-order valence-corrected chi connectivity index (χ2v) is 10.3. The highest BCUT2D eigenvalue weighted by Crippen LogP contribution is 2.46. The van der Waals surface area contributed by atoms with Gasteiger partial charge in [-0.15, -0.1) is 0 Å². The van der Waals surface area contributed by atoms with Crippen molar-refractivity contribution in [2.24, 2.45) is 0 Å². The van der Waals surface area contributed by atoms with E-state index in [-0.39, 0.29) is 35.7 Å². The zero-order valence-electron chi connectivity index (χ0n) is 25.1. The largest absolute Gasteiger partial charge is 0.507 e. The Hall–Kier alpha value is -5.78. The summed E-state index contributed by atoms with van der Waals surface area (Å²) in [6.45, 7) is 6.43. The summed E-state index contributed by atoms with van der Waals surface area (Å²) < 4.78 is 44.0. The number of halogens is 2. The number of phenols is 2. The number of rotatable bonds is 8. The van der Waals surface area contributed by atoms with Crippen molar-refractivity contribution < 1.29 is 47.6 Å². The van der Waals surface area contributed by atoms with Crippen LogP contribution in [0.3, 0.4) is 0 Å². The number of esters is 2. The molecule has 0 amide bonds. The number of fused-ring (bicyclic) bond motifs is 2. The molecular weight excluding hydrogens is 602 g/mol. The van der Waals surface area contributed by atoms with Gasteiger partial charge in [0.2, 0.25) is 11.6 Å². The number of ketones is 2. The van der Waals surface area contributed by atoms with Gasteiger partial charge in [0.05, 0.1) is 58.0 Å². The van der Waals surface area contributed by atoms with E-state index in [1.807, 2.05) is 0 Å². The lowest BCUT2D eigenvalue weighted by Crippen LogP contribution is -2.26. The second-order valence-electron chi connectivity index (χ2n) is 10.3. The first-order valence-corrected chi connectivity index (χ1v) is 14.2. The van der Waals surface area contributed by atoms with Crippen LogP contribution in [0, 0.1) is 25.5 Å². The first-order chi connectivity index (χ1) is 21.9. The van der Waals surface area contributed by atoms with Gasteiger partial charge >= 0.3 is 11.9 Å². The van der Waals surface area contributed by atoms with Crippen molar-refractivity contribution in [1.82, 2.24) is 0 Å². The van der Waals surface area contributed by atoms with Crippen LogP contribution in [-0.2, 0) is 9.47 Å². The Kier molecular flexibility index (Phi) is 8.47. The van der Waals surface area contributed by atoms with Crippen LogP contribution >= 0.6 is 0 Å². The summed E-state index contributed by atoms with van der Waals surface area (Å²) in [4.78, 5) is 53.0. The van der Waals surface area contributed by atoms with Crippen molar-refractivity contribution in [1.29, 1.82) is 0 Å². The fourth-order valence-electron chi connectivity index (χ4n) is 5.32. The van der Waals surface area contributed by atoms with Crippen molar-refractivity contribution in [3.63, 3.8) is 0 Å². The molecule has 10 nitrogen and oxygen atoms in total. The van der Waals surface area contributed by atoms with Gasteiger partial charge in [-0.25, -0.2) is 18.4 Å². The van der Waals surface area contributed by atoms with Gasteiger partial charge in [0.25, 0.3) is 0 Å². The summed E-state index contributed by atoms with van der Waals surface area (Å²) >= 11 is 0. The Morgan fingerprint density at radius 3 is 1.35 bits per heavy atom. The lowest BCUT2D eigenvalue weighted by molar-refractivity contribution is 0.0517. The number of ether oxygens (including phenoxy) is 2. The minimum Gasteiger partial charge on any atom is -0.507 e. The maximum Gasteiger partial charge on any atom is 0.340 e. The lowest BCUT2D eigenvalue weighted by Gasteiger charge is -2.26. The van der Waals surface area contributed by atoms with Crippen molar-refractivity contribution in [3.05, 3.63) is 105 Å². The van der Waals surface area contributed by atoms with Crippen LogP contribution in [0.25, 0.3) is 0 Å². The molecule has 0 saturated heterocycles. The van der Waals surface area contributed by atoms with Crippen LogP contribution in [0.15, 0.2) is 48.5 Å². The number of carbonyl (C=O) groups is 4. The van der Waals surface area contributed by atoms with E-state index in [9.17, 15) is 29.4 Å².